The number of hydrogen-bond acceptors (Lipinski definition) is 4. The Balaban J connectivity index is 0.00000139. The van der Waals surface area contributed by atoms with Crippen molar-refractivity contribution in [2.75, 3.05) is 21.3 Å². The second-order valence-electron chi connectivity index (χ2n) is 4.63. The van der Waals surface area contributed by atoms with Gasteiger partial charge in [-0.05, 0) is 23.8 Å². The van der Waals surface area contributed by atoms with Gasteiger partial charge in [0.1, 0.15) is 17.2 Å². The van der Waals surface area contributed by atoms with Gasteiger partial charge in [0, 0.05) is 12.5 Å². The molecule has 0 unspecified atom stereocenters. The highest BCUT2D eigenvalue weighted by molar-refractivity contribution is 6.34. The number of carbonyl (C=O) groups is 1. The maximum absolute atomic E-state index is 12.5. The van der Waals surface area contributed by atoms with Crippen molar-refractivity contribution in [1.82, 2.24) is 0 Å². The lowest BCUT2D eigenvalue weighted by Gasteiger charge is -2.12. The van der Waals surface area contributed by atoms with E-state index in [1.807, 2.05) is 38.1 Å². The number of ether oxygens (including phenoxy) is 3. The van der Waals surface area contributed by atoms with Gasteiger partial charge < -0.3 is 14.2 Å². The fourth-order valence-corrected chi connectivity index (χ4v) is 2.43. The minimum Gasteiger partial charge on any atom is -0.497 e. The summed E-state index contributed by atoms with van der Waals surface area (Å²) in [6.07, 6.45) is 0.229. The maximum atomic E-state index is 12.5. The van der Waals surface area contributed by atoms with Gasteiger partial charge in [0.25, 0.3) is 0 Å². The van der Waals surface area contributed by atoms with Crippen LogP contribution in [0.4, 0.5) is 0 Å². The topological polar surface area (TPSA) is 44.8 Å². The van der Waals surface area contributed by atoms with E-state index >= 15 is 0 Å². The summed E-state index contributed by atoms with van der Waals surface area (Å²) < 4.78 is 15.5. The van der Waals surface area contributed by atoms with Crippen molar-refractivity contribution in [3.63, 3.8) is 0 Å². The standard InChI is InChI=1S/C17H17ClO4.C2H6/c1-20-12-6-4-11(5-7-12)8-15(19)17-14(18)9-13(21-2)10-16(17)22-3;1-2/h4-7,9-10H,8H2,1-3H3;1-2H3. The van der Waals surface area contributed by atoms with Crippen LogP contribution in [0.3, 0.4) is 0 Å². The SMILES string of the molecule is CC.COc1ccc(CC(=O)c2c(Cl)cc(OC)cc2OC)cc1. The monoisotopic (exact) mass is 350 g/mol. The first-order valence-corrected chi connectivity index (χ1v) is 8.04. The number of carbonyl (C=O) groups excluding carboxylic acids is 1. The van der Waals surface area contributed by atoms with Crippen LogP contribution in [-0.4, -0.2) is 27.1 Å². The first-order valence-electron chi connectivity index (χ1n) is 7.66. The van der Waals surface area contributed by atoms with Gasteiger partial charge in [0.15, 0.2) is 5.78 Å². The van der Waals surface area contributed by atoms with Crippen molar-refractivity contribution in [3.8, 4) is 17.2 Å². The Bertz CT molecular complexity index is 666. The molecule has 0 radical (unpaired) electrons. The predicted molar refractivity (Wildman–Crippen MR) is 96.9 cm³/mol. The van der Waals surface area contributed by atoms with Gasteiger partial charge in [0.05, 0.1) is 31.9 Å². The Morgan fingerprint density at radius 3 is 2.00 bits per heavy atom. The Labute approximate surface area is 148 Å². The molecular weight excluding hydrogens is 328 g/mol. The molecule has 0 amide bonds. The molecule has 0 saturated heterocycles. The van der Waals surface area contributed by atoms with Gasteiger partial charge in [-0.15, -0.1) is 0 Å². The molecule has 4 nitrogen and oxygen atoms in total. The molecule has 0 fully saturated rings. The van der Waals surface area contributed by atoms with Crippen LogP contribution in [0.25, 0.3) is 0 Å². The fourth-order valence-electron chi connectivity index (χ4n) is 2.12. The summed E-state index contributed by atoms with van der Waals surface area (Å²) in [5.74, 6) is 1.58. The van der Waals surface area contributed by atoms with Crippen molar-refractivity contribution < 1.29 is 19.0 Å². The van der Waals surface area contributed by atoms with Gasteiger partial charge in [-0.3, -0.25) is 4.79 Å². The zero-order valence-corrected chi connectivity index (χ0v) is 15.4. The summed E-state index contributed by atoms with van der Waals surface area (Å²) in [6, 6.07) is 10.6. The minimum atomic E-state index is -0.116. The minimum absolute atomic E-state index is 0.116. The van der Waals surface area contributed by atoms with E-state index < -0.39 is 0 Å². The van der Waals surface area contributed by atoms with E-state index in [1.165, 1.54) is 14.2 Å². The van der Waals surface area contributed by atoms with Crippen molar-refractivity contribution >= 4 is 17.4 Å². The summed E-state index contributed by atoms with van der Waals surface area (Å²) in [6.45, 7) is 4.00. The summed E-state index contributed by atoms with van der Waals surface area (Å²) in [7, 11) is 4.63. The second kappa shape index (κ2) is 9.83. The first kappa shape index (κ1) is 19.8. The average Bonchev–Trinajstić information content (AvgIpc) is 2.63. The van der Waals surface area contributed by atoms with E-state index in [9.17, 15) is 4.79 Å². The lowest BCUT2D eigenvalue weighted by molar-refractivity contribution is 0.0990. The molecule has 130 valence electrons. The molecule has 0 spiro atoms. The third kappa shape index (κ3) is 4.90. The smallest absolute Gasteiger partial charge is 0.172 e. The third-order valence-electron chi connectivity index (χ3n) is 3.29. The lowest BCUT2D eigenvalue weighted by atomic mass is 10.0. The Hall–Kier alpha value is -2.20. The fraction of sp³-hybridized carbons (Fsp3) is 0.316. The van der Waals surface area contributed by atoms with Gasteiger partial charge in [-0.25, -0.2) is 0 Å². The Morgan fingerprint density at radius 1 is 0.917 bits per heavy atom. The van der Waals surface area contributed by atoms with Gasteiger partial charge in [-0.1, -0.05) is 37.6 Å². The van der Waals surface area contributed by atoms with Crippen LogP contribution < -0.4 is 14.2 Å². The highest BCUT2D eigenvalue weighted by Gasteiger charge is 2.18. The lowest BCUT2D eigenvalue weighted by Crippen LogP contribution is -2.07. The normalized spacial score (nSPS) is 9.58. The Morgan fingerprint density at radius 2 is 1.50 bits per heavy atom. The van der Waals surface area contributed by atoms with Crippen LogP contribution in [0.1, 0.15) is 29.8 Å². The first-order chi connectivity index (χ1) is 11.6. The quantitative estimate of drug-likeness (QED) is 0.701. The molecule has 2 aromatic rings. The predicted octanol–water partition coefficient (Wildman–Crippen LogP) is 4.82. The van der Waals surface area contributed by atoms with Crippen LogP contribution in [0.15, 0.2) is 36.4 Å². The molecule has 0 heterocycles. The molecule has 0 saturated carbocycles. The van der Waals surface area contributed by atoms with Gasteiger partial charge in [-0.2, -0.15) is 0 Å². The van der Waals surface area contributed by atoms with Gasteiger partial charge in [0.2, 0.25) is 0 Å². The molecule has 2 aromatic carbocycles. The summed E-state index contributed by atoms with van der Waals surface area (Å²) in [5, 5.41) is 0.315. The molecular formula is C19H23ClO4. The highest BCUT2D eigenvalue weighted by atomic mass is 35.5. The third-order valence-corrected chi connectivity index (χ3v) is 3.58. The molecule has 0 bridgehead atoms. The molecule has 0 aliphatic rings. The van der Waals surface area contributed by atoms with Crippen LogP contribution in [-0.2, 0) is 6.42 Å². The molecule has 5 heteroatoms. The van der Waals surface area contributed by atoms with E-state index in [1.54, 1.807) is 19.2 Å². The molecule has 0 atom stereocenters. The van der Waals surface area contributed by atoms with Crippen molar-refractivity contribution in [3.05, 3.63) is 52.5 Å². The second-order valence-corrected chi connectivity index (χ2v) is 5.04. The molecule has 0 N–H and O–H groups in total. The molecule has 0 aliphatic heterocycles. The highest BCUT2D eigenvalue weighted by Crippen LogP contribution is 2.33. The number of benzene rings is 2. The van der Waals surface area contributed by atoms with Gasteiger partial charge >= 0.3 is 0 Å². The number of rotatable bonds is 6. The molecule has 2 rings (SSSR count). The Kier molecular flexibility index (Phi) is 8.13. The summed E-state index contributed by atoms with van der Waals surface area (Å²) in [4.78, 5) is 12.5. The summed E-state index contributed by atoms with van der Waals surface area (Å²) in [5.41, 5.74) is 1.24. The van der Waals surface area contributed by atoms with E-state index in [0.29, 0.717) is 22.1 Å². The zero-order valence-electron chi connectivity index (χ0n) is 14.7. The van der Waals surface area contributed by atoms with Crippen molar-refractivity contribution in [1.29, 1.82) is 0 Å². The van der Waals surface area contributed by atoms with E-state index in [-0.39, 0.29) is 12.2 Å². The number of ketones is 1. The van der Waals surface area contributed by atoms with E-state index in [0.717, 1.165) is 11.3 Å². The van der Waals surface area contributed by atoms with Crippen LogP contribution in [0.5, 0.6) is 17.2 Å². The molecule has 0 aliphatic carbocycles. The van der Waals surface area contributed by atoms with E-state index in [4.69, 9.17) is 25.8 Å². The number of halogens is 1. The van der Waals surface area contributed by atoms with Crippen LogP contribution >= 0.6 is 11.6 Å². The van der Waals surface area contributed by atoms with Crippen molar-refractivity contribution in [2.45, 2.75) is 20.3 Å². The number of methoxy groups -OCH3 is 3. The summed E-state index contributed by atoms with van der Waals surface area (Å²) >= 11 is 6.20. The van der Waals surface area contributed by atoms with Crippen LogP contribution in [0.2, 0.25) is 5.02 Å². The van der Waals surface area contributed by atoms with Crippen molar-refractivity contribution in [2.24, 2.45) is 0 Å². The van der Waals surface area contributed by atoms with E-state index in [2.05, 4.69) is 0 Å². The average molecular weight is 351 g/mol. The zero-order chi connectivity index (χ0) is 18.1. The molecule has 0 aromatic heterocycles. The number of Topliss-reactive ketones (excluding diaryl/α,β-unsaturated/α-hetero) is 1. The van der Waals surface area contributed by atoms with Crippen LogP contribution in [0, 0.1) is 0 Å². The number of hydrogen-bond donors (Lipinski definition) is 0. The molecule has 24 heavy (non-hydrogen) atoms. The largest absolute Gasteiger partial charge is 0.497 e. The maximum Gasteiger partial charge on any atom is 0.172 e.